The quantitative estimate of drug-likeness (QED) is 0.649. The smallest absolute Gasteiger partial charge is 0.237 e. The van der Waals surface area contributed by atoms with Crippen LogP contribution in [0.1, 0.15) is 32.1 Å². The van der Waals surface area contributed by atoms with Crippen LogP contribution in [0.2, 0.25) is 0 Å². The number of likely N-dealkylation sites (tertiary alicyclic amines) is 1. The first-order valence-electron chi connectivity index (χ1n) is 8.62. The first kappa shape index (κ1) is 17.6. The molecule has 0 radical (unpaired) electrons. The molecule has 0 bridgehead atoms. The first-order chi connectivity index (χ1) is 11.3. The van der Waals surface area contributed by atoms with E-state index in [2.05, 4.69) is 14.9 Å². The highest BCUT2D eigenvalue weighted by Crippen LogP contribution is 2.26. The van der Waals surface area contributed by atoms with E-state index in [1.807, 2.05) is 4.90 Å². The van der Waals surface area contributed by atoms with Gasteiger partial charge in [-0.1, -0.05) is 0 Å². The van der Waals surface area contributed by atoms with Crippen molar-refractivity contribution in [3.63, 3.8) is 0 Å². The molecule has 0 aromatic heterocycles. The fraction of sp³-hybridized carbons (Fsp3) is 0.867. The van der Waals surface area contributed by atoms with Crippen LogP contribution in [-0.4, -0.2) is 80.6 Å². The van der Waals surface area contributed by atoms with Crippen LogP contribution in [0.15, 0.2) is 0 Å². The van der Waals surface area contributed by atoms with Crippen molar-refractivity contribution in [2.45, 2.75) is 50.2 Å². The van der Waals surface area contributed by atoms with Crippen molar-refractivity contribution in [3.8, 4) is 0 Å². The van der Waals surface area contributed by atoms with Crippen LogP contribution in [0.3, 0.4) is 0 Å². The summed E-state index contributed by atoms with van der Waals surface area (Å²) in [5, 5.41) is 2.90. The highest BCUT2D eigenvalue weighted by Gasteiger charge is 2.44. The fourth-order valence-corrected chi connectivity index (χ4v) is 4.82. The van der Waals surface area contributed by atoms with E-state index in [0.717, 1.165) is 32.2 Å². The minimum atomic E-state index is -3.29. The number of carbonyl (C=O) groups is 2. The molecule has 3 fully saturated rings. The monoisotopic (exact) mass is 358 g/mol. The second kappa shape index (κ2) is 6.97. The summed E-state index contributed by atoms with van der Waals surface area (Å²) in [6, 6.07) is -0.457. The Bertz CT molecular complexity index is 603. The second-order valence-electron chi connectivity index (χ2n) is 7.06. The van der Waals surface area contributed by atoms with E-state index >= 15 is 0 Å². The number of hydrogen-bond acceptors (Lipinski definition) is 5. The standard InChI is InChI=1S/C15H26N4O4S/c1-24(22,23)17-11-8-13-15(21)16-9-12(19(13)10-11)4-5-14(20)18-6-2-3-7-18/h11-13,17H,2-10H2,1H3,(H,16,21). The molecule has 3 aliphatic heterocycles. The third kappa shape index (κ3) is 4.07. The van der Waals surface area contributed by atoms with Gasteiger partial charge in [-0.05, 0) is 25.7 Å². The molecule has 3 atom stereocenters. The molecule has 8 nitrogen and oxygen atoms in total. The molecular formula is C15H26N4O4S. The zero-order chi connectivity index (χ0) is 17.3. The van der Waals surface area contributed by atoms with Gasteiger partial charge in [-0.3, -0.25) is 14.5 Å². The van der Waals surface area contributed by atoms with Gasteiger partial charge >= 0.3 is 0 Å². The molecular weight excluding hydrogens is 332 g/mol. The molecule has 0 aliphatic carbocycles. The maximum atomic E-state index is 12.2. The molecule has 0 spiro atoms. The largest absolute Gasteiger partial charge is 0.353 e. The van der Waals surface area contributed by atoms with E-state index in [4.69, 9.17) is 0 Å². The molecule has 24 heavy (non-hydrogen) atoms. The van der Waals surface area contributed by atoms with Gasteiger partial charge in [0.25, 0.3) is 0 Å². The fourth-order valence-electron chi connectivity index (χ4n) is 4.05. The lowest BCUT2D eigenvalue weighted by molar-refractivity contribution is -0.131. The van der Waals surface area contributed by atoms with Crippen molar-refractivity contribution in [3.05, 3.63) is 0 Å². The average molecular weight is 358 g/mol. The average Bonchev–Trinajstić information content (AvgIpc) is 3.14. The number of amides is 2. The number of hydrogen-bond donors (Lipinski definition) is 2. The zero-order valence-electron chi connectivity index (χ0n) is 14.0. The Morgan fingerprint density at radius 3 is 2.71 bits per heavy atom. The highest BCUT2D eigenvalue weighted by atomic mass is 32.2. The van der Waals surface area contributed by atoms with Crippen molar-refractivity contribution in [1.82, 2.24) is 19.8 Å². The topological polar surface area (TPSA) is 98.8 Å². The summed E-state index contributed by atoms with van der Waals surface area (Å²) in [5.74, 6) is 0.140. The summed E-state index contributed by atoms with van der Waals surface area (Å²) in [6.45, 7) is 2.75. The van der Waals surface area contributed by atoms with Gasteiger partial charge in [0.1, 0.15) is 0 Å². The van der Waals surface area contributed by atoms with Crippen molar-refractivity contribution >= 4 is 21.8 Å². The van der Waals surface area contributed by atoms with Gasteiger partial charge in [0.05, 0.1) is 12.3 Å². The maximum absolute atomic E-state index is 12.2. The normalized spacial score (nSPS) is 31.1. The van der Waals surface area contributed by atoms with Crippen LogP contribution in [0.4, 0.5) is 0 Å². The van der Waals surface area contributed by atoms with Crippen molar-refractivity contribution in [2.24, 2.45) is 0 Å². The van der Waals surface area contributed by atoms with Gasteiger partial charge in [-0.25, -0.2) is 13.1 Å². The lowest BCUT2D eigenvalue weighted by atomic mass is 10.0. The molecule has 136 valence electrons. The molecule has 9 heteroatoms. The Balaban J connectivity index is 1.58. The van der Waals surface area contributed by atoms with E-state index in [-0.39, 0.29) is 29.9 Å². The molecule has 3 rings (SSSR count). The van der Waals surface area contributed by atoms with Gasteiger partial charge in [0.15, 0.2) is 0 Å². The molecule has 0 aromatic carbocycles. The Labute approximate surface area is 143 Å². The van der Waals surface area contributed by atoms with Gasteiger partial charge in [0, 0.05) is 44.7 Å². The molecule has 0 saturated carbocycles. The number of piperazine rings is 1. The van der Waals surface area contributed by atoms with E-state index < -0.39 is 10.0 Å². The number of nitrogens with one attached hydrogen (secondary N) is 2. The van der Waals surface area contributed by atoms with Crippen LogP contribution in [0, 0.1) is 0 Å². The Morgan fingerprint density at radius 1 is 1.33 bits per heavy atom. The first-order valence-corrected chi connectivity index (χ1v) is 10.5. The van der Waals surface area contributed by atoms with Gasteiger partial charge in [-0.2, -0.15) is 0 Å². The van der Waals surface area contributed by atoms with Crippen LogP contribution in [0.5, 0.6) is 0 Å². The van der Waals surface area contributed by atoms with Crippen molar-refractivity contribution < 1.29 is 18.0 Å². The molecule has 3 heterocycles. The SMILES string of the molecule is CS(=O)(=O)NC1CC2C(=O)NCC(CCC(=O)N3CCCC3)N2C1. The van der Waals surface area contributed by atoms with Crippen molar-refractivity contribution in [1.29, 1.82) is 0 Å². The van der Waals surface area contributed by atoms with Crippen LogP contribution < -0.4 is 10.0 Å². The van der Waals surface area contributed by atoms with Crippen LogP contribution >= 0.6 is 0 Å². The molecule has 0 aromatic rings. The third-order valence-electron chi connectivity index (χ3n) is 5.15. The summed E-state index contributed by atoms with van der Waals surface area (Å²) in [4.78, 5) is 28.3. The summed E-state index contributed by atoms with van der Waals surface area (Å²) >= 11 is 0. The van der Waals surface area contributed by atoms with Gasteiger partial charge < -0.3 is 10.2 Å². The summed E-state index contributed by atoms with van der Waals surface area (Å²) in [5.41, 5.74) is 0. The lowest BCUT2D eigenvalue weighted by Crippen LogP contribution is -2.58. The number of carbonyl (C=O) groups excluding carboxylic acids is 2. The summed E-state index contributed by atoms with van der Waals surface area (Å²) in [6.07, 6.45) is 4.95. The number of nitrogens with zero attached hydrogens (tertiary/aromatic N) is 2. The third-order valence-corrected chi connectivity index (χ3v) is 5.92. The van der Waals surface area contributed by atoms with Gasteiger partial charge in [0.2, 0.25) is 21.8 Å². The van der Waals surface area contributed by atoms with Crippen LogP contribution in [0.25, 0.3) is 0 Å². The Morgan fingerprint density at radius 2 is 2.04 bits per heavy atom. The Kier molecular flexibility index (Phi) is 5.12. The van der Waals surface area contributed by atoms with E-state index in [0.29, 0.717) is 32.4 Å². The number of sulfonamides is 1. The summed E-state index contributed by atoms with van der Waals surface area (Å²) < 4.78 is 25.5. The minimum Gasteiger partial charge on any atom is -0.353 e. The zero-order valence-corrected chi connectivity index (χ0v) is 14.8. The molecule has 3 saturated heterocycles. The molecule has 3 aliphatic rings. The van der Waals surface area contributed by atoms with Crippen molar-refractivity contribution in [2.75, 3.05) is 32.4 Å². The lowest BCUT2D eigenvalue weighted by Gasteiger charge is -2.37. The number of rotatable bonds is 5. The van der Waals surface area contributed by atoms with E-state index in [1.54, 1.807) is 0 Å². The Hall–Kier alpha value is -1.19. The second-order valence-corrected chi connectivity index (χ2v) is 8.84. The van der Waals surface area contributed by atoms with E-state index in [1.165, 1.54) is 0 Å². The maximum Gasteiger partial charge on any atom is 0.237 e. The highest BCUT2D eigenvalue weighted by molar-refractivity contribution is 7.88. The minimum absolute atomic E-state index is 0.0464. The predicted octanol–water partition coefficient (Wildman–Crippen LogP) is -1.12. The van der Waals surface area contributed by atoms with Crippen LogP contribution in [-0.2, 0) is 19.6 Å². The summed E-state index contributed by atoms with van der Waals surface area (Å²) in [7, 11) is -3.29. The predicted molar refractivity (Wildman–Crippen MR) is 88.7 cm³/mol. The van der Waals surface area contributed by atoms with Gasteiger partial charge in [-0.15, -0.1) is 0 Å². The molecule has 2 N–H and O–H groups in total. The molecule has 2 amide bonds. The number of fused-ring (bicyclic) bond motifs is 1. The molecule has 3 unspecified atom stereocenters. The van der Waals surface area contributed by atoms with E-state index in [9.17, 15) is 18.0 Å².